The van der Waals surface area contributed by atoms with Gasteiger partial charge in [0.25, 0.3) is 17.7 Å². The van der Waals surface area contributed by atoms with Crippen LogP contribution in [0.5, 0.6) is 0 Å². The lowest BCUT2D eigenvalue weighted by Gasteiger charge is -2.17. The maximum atomic E-state index is 11.3. The second-order valence-corrected chi connectivity index (χ2v) is 3.86. The third-order valence-electron chi connectivity index (χ3n) is 2.34. The van der Waals surface area contributed by atoms with Crippen molar-refractivity contribution in [2.75, 3.05) is 6.54 Å². The molecule has 5 N–H and O–H groups in total. The summed E-state index contributed by atoms with van der Waals surface area (Å²) >= 11 is 0. The molecule has 0 saturated carbocycles. The lowest BCUT2D eigenvalue weighted by Crippen LogP contribution is -2.52. The Bertz CT molecular complexity index is 437. The first-order valence-corrected chi connectivity index (χ1v) is 5.81. The Labute approximate surface area is 118 Å². The zero-order valence-corrected chi connectivity index (χ0v) is 10.8. The summed E-state index contributed by atoms with van der Waals surface area (Å²) in [5, 5.41) is 24.3. The van der Waals surface area contributed by atoms with E-state index in [2.05, 4.69) is 0 Å². The second kappa shape index (κ2) is 9.25. The van der Waals surface area contributed by atoms with Crippen LogP contribution in [0.4, 0.5) is 0 Å². The molecule has 11 heteroatoms. The van der Waals surface area contributed by atoms with E-state index in [0.29, 0.717) is 0 Å². The molecule has 0 heterocycles. The smallest absolute Gasteiger partial charge is 0.267 e. The first-order valence-electron chi connectivity index (χ1n) is 5.81. The summed E-state index contributed by atoms with van der Waals surface area (Å²) in [4.78, 5) is 53.2. The molecular formula is C10H14N4O7-2. The lowest BCUT2D eigenvalue weighted by atomic mass is 10.1. The van der Waals surface area contributed by atoms with Crippen LogP contribution in [0.15, 0.2) is 0 Å². The second-order valence-electron chi connectivity index (χ2n) is 3.86. The molecule has 0 bridgehead atoms. The number of carboxylic acids is 2. The van der Waals surface area contributed by atoms with Crippen LogP contribution >= 0.6 is 0 Å². The van der Waals surface area contributed by atoms with Gasteiger partial charge in [-0.15, -0.1) is 0 Å². The number of carbonyl (C=O) groups excluding carboxylic acids is 5. The van der Waals surface area contributed by atoms with Gasteiger partial charge in [0.05, 0.1) is 0 Å². The summed E-state index contributed by atoms with van der Waals surface area (Å²) in [5.41, 5.74) is 1.76. The Hall–Kier alpha value is -2.69. The van der Waals surface area contributed by atoms with Crippen LogP contribution in [0.1, 0.15) is 19.3 Å². The fourth-order valence-corrected chi connectivity index (χ4v) is 1.33. The van der Waals surface area contributed by atoms with Crippen molar-refractivity contribution >= 4 is 29.7 Å². The van der Waals surface area contributed by atoms with Crippen molar-refractivity contribution in [1.29, 1.82) is 0 Å². The fraction of sp³-hybridized carbons (Fsp3) is 0.500. The minimum atomic E-state index is -1.99. The number of nitrogens with one attached hydrogen (secondary N) is 3. The normalized spacial score (nSPS) is 11.1. The summed E-state index contributed by atoms with van der Waals surface area (Å²) < 4.78 is 0. The van der Waals surface area contributed by atoms with Crippen molar-refractivity contribution in [2.45, 2.75) is 25.3 Å². The van der Waals surface area contributed by atoms with E-state index in [1.165, 1.54) is 0 Å². The molecule has 0 spiro atoms. The summed E-state index contributed by atoms with van der Waals surface area (Å²) in [6.45, 7) is 0.0121. The van der Waals surface area contributed by atoms with Gasteiger partial charge >= 0.3 is 0 Å². The highest BCUT2D eigenvalue weighted by Crippen LogP contribution is 2.01. The van der Waals surface area contributed by atoms with Gasteiger partial charge in [0.15, 0.2) is 0 Å². The molecule has 0 aliphatic rings. The molecule has 0 fully saturated rings. The number of carbonyl (C=O) groups is 5. The Kier molecular flexibility index (Phi) is 8.07. The number of carboxylic acid groups (broad SMARTS) is 2. The molecule has 0 radical (unpaired) electrons. The minimum absolute atomic E-state index is 0.0121. The van der Waals surface area contributed by atoms with Crippen LogP contribution < -0.4 is 32.1 Å². The molecule has 0 aliphatic heterocycles. The number of aliphatic carboxylic acids is 2. The zero-order chi connectivity index (χ0) is 16.4. The Morgan fingerprint density at radius 1 is 0.952 bits per heavy atom. The van der Waals surface area contributed by atoms with Gasteiger partial charge in [0, 0.05) is 6.54 Å². The Balaban J connectivity index is 4.17. The van der Waals surface area contributed by atoms with Crippen molar-refractivity contribution < 1.29 is 34.2 Å². The first kappa shape index (κ1) is 18.3. The highest BCUT2D eigenvalue weighted by molar-refractivity contribution is 6.31. The standard InChI is InChI=1S/C10H16N4O7/c11-14-6(15)5(13-8(17)10(20)21)3-1-2-4-12-7(16)9(18)19/h5H,1-4,11H2,(H,12,16)(H,13,17)(H,14,15)(H,18,19)(H,20,21)/p-2/t5-/m0/s1. The van der Waals surface area contributed by atoms with E-state index in [1.807, 2.05) is 10.6 Å². The average molecular weight is 302 g/mol. The molecule has 11 nitrogen and oxygen atoms in total. The third kappa shape index (κ3) is 7.47. The van der Waals surface area contributed by atoms with E-state index in [4.69, 9.17) is 5.84 Å². The fourth-order valence-electron chi connectivity index (χ4n) is 1.33. The molecule has 3 amide bonds. The van der Waals surface area contributed by atoms with Crippen LogP contribution in [0.2, 0.25) is 0 Å². The van der Waals surface area contributed by atoms with E-state index in [1.54, 1.807) is 5.43 Å². The molecular weight excluding hydrogens is 288 g/mol. The van der Waals surface area contributed by atoms with Gasteiger partial charge in [-0.05, 0) is 19.3 Å². The summed E-state index contributed by atoms with van der Waals surface area (Å²) in [5.74, 6) is -2.51. The van der Waals surface area contributed by atoms with Crippen LogP contribution in [-0.4, -0.2) is 42.2 Å². The molecule has 0 aromatic heterocycles. The van der Waals surface area contributed by atoms with Gasteiger partial charge < -0.3 is 30.4 Å². The minimum Gasteiger partial charge on any atom is -0.540 e. The third-order valence-corrected chi connectivity index (χ3v) is 2.34. The van der Waals surface area contributed by atoms with Crippen LogP contribution in [-0.2, 0) is 24.0 Å². The van der Waals surface area contributed by atoms with E-state index in [-0.39, 0.29) is 25.8 Å². The number of nitrogens with two attached hydrogens (primary N) is 1. The Morgan fingerprint density at radius 3 is 2.00 bits per heavy atom. The largest absolute Gasteiger partial charge is 0.540 e. The molecule has 21 heavy (non-hydrogen) atoms. The highest BCUT2D eigenvalue weighted by Gasteiger charge is 2.19. The maximum Gasteiger partial charge on any atom is 0.267 e. The van der Waals surface area contributed by atoms with Crippen molar-refractivity contribution in [3.8, 4) is 0 Å². The molecule has 118 valence electrons. The SMILES string of the molecule is NNC(=O)[C@H](CCCCNC(=O)C(=O)[O-])NC(=O)C(=O)[O-]. The summed E-state index contributed by atoms with van der Waals surface area (Å²) in [7, 11) is 0. The predicted octanol–water partition coefficient (Wildman–Crippen LogP) is -5.75. The van der Waals surface area contributed by atoms with Crippen LogP contribution in [0, 0.1) is 0 Å². The number of amides is 3. The topological polar surface area (TPSA) is 194 Å². The van der Waals surface area contributed by atoms with E-state index >= 15 is 0 Å². The number of rotatable bonds is 7. The van der Waals surface area contributed by atoms with Crippen molar-refractivity contribution in [3.63, 3.8) is 0 Å². The van der Waals surface area contributed by atoms with E-state index in [0.717, 1.165) is 0 Å². The number of unbranched alkanes of at least 4 members (excludes halogenated alkanes) is 1. The number of hydrogen-bond acceptors (Lipinski definition) is 8. The van der Waals surface area contributed by atoms with Crippen LogP contribution in [0.25, 0.3) is 0 Å². The van der Waals surface area contributed by atoms with Crippen LogP contribution in [0.3, 0.4) is 0 Å². The molecule has 0 unspecified atom stereocenters. The van der Waals surface area contributed by atoms with Gasteiger partial charge in [-0.3, -0.25) is 19.8 Å². The van der Waals surface area contributed by atoms with E-state index < -0.39 is 35.7 Å². The highest BCUT2D eigenvalue weighted by atomic mass is 16.4. The maximum absolute atomic E-state index is 11.3. The number of hydrazine groups is 1. The van der Waals surface area contributed by atoms with Gasteiger partial charge in [0.2, 0.25) is 0 Å². The van der Waals surface area contributed by atoms with Gasteiger partial charge in [-0.25, -0.2) is 5.84 Å². The quantitative estimate of drug-likeness (QED) is 0.117. The van der Waals surface area contributed by atoms with Crippen molar-refractivity contribution in [1.82, 2.24) is 16.1 Å². The number of hydrogen-bond donors (Lipinski definition) is 4. The average Bonchev–Trinajstić information content (AvgIpc) is 2.43. The van der Waals surface area contributed by atoms with Gasteiger partial charge in [-0.1, -0.05) is 0 Å². The van der Waals surface area contributed by atoms with E-state index in [9.17, 15) is 34.2 Å². The Morgan fingerprint density at radius 2 is 1.52 bits per heavy atom. The van der Waals surface area contributed by atoms with Gasteiger partial charge in [0.1, 0.15) is 18.0 Å². The molecule has 0 aromatic rings. The lowest BCUT2D eigenvalue weighted by molar-refractivity contribution is -0.301. The van der Waals surface area contributed by atoms with Gasteiger partial charge in [-0.2, -0.15) is 0 Å². The zero-order valence-electron chi connectivity index (χ0n) is 10.8. The summed E-state index contributed by atoms with van der Waals surface area (Å²) in [6, 6.07) is -1.18. The molecule has 1 atom stereocenters. The first-order chi connectivity index (χ1) is 9.79. The molecule has 0 saturated heterocycles. The molecule has 0 aliphatic carbocycles. The predicted molar refractivity (Wildman–Crippen MR) is 61.1 cm³/mol. The molecule has 0 aromatic carbocycles. The molecule has 0 rings (SSSR count). The monoisotopic (exact) mass is 302 g/mol. The van der Waals surface area contributed by atoms with Crippen molar-refractivity contribution in [3.05, 3.63) is 0 Å². The summed E-state index contributed by atoms with van der Waals surface area (Å²) in [6.07, 6.45) is 0.594. The van der Waals surface area contributed by atoms with Crippen molar-refractivity contribution in [2.24, 2.45) is 5.84 Å².